The third-order valence-corrected chi connectivity index (χ3v) is 3.20. The molecule has 1 aliphatic rings. The van der Waals surface area contributed by atoms with Crippen molar-refractivity contribution in [1.82, 2.24) is 8.75 Å². The Bertz CT molecular complexity index is 311. The molecule has 14 heavy (non-hydrogen) atoms. The van der Waals surface area contributed by atoms with Gasteiger partial charge in [-0.15, -0.1) is 0 Å². The molecule has 1 aromatic rings. The standard InChI is InChI=1S/C8H12ClN3OS/c1-8(3-2-4-13-5-8)10-7-6(9)11-14-12-7/h2-5H2,1H3,(H,10,12). The molecule has 0 amide bonds. The molecule has 0 bridgehead atoms. The summed E-state index contributed by atoms with van der Waals surface area (Å²) in [7, 11) is 0. The van der Waals surface area contributed by atoms with Gasteiger partial charge in [0.15, 0.2) is 11.0 Å². The number of nitrogens with zero attached hydrogens (tertiary/aromatic N) is 2. The molecule has 78 valence electrons. The van der Waals surface area contributed by atoms with Crippen molar-refractivity contribution in [3.63, 3.8) is 0 Å². The molecule has 1 aromatic heterocycles. The molecule has 6 heteroatoms. The summed E-state index contributed by atoms with van der Waals surface area (Å²) in [5.74, 6) is 0.671. The van der Waals surface area contributed by atoms with E-state index in [-0.39, 0.29) is 5.54 Å². The lowest BCUT2D eigenvalue weighted by atomic mass is 9.95. The van der Waals surface area contributed by atoms with Crippen LogP contribution in [-0.4, -0.2) is 27.5 Å². The molecule has 0 radical (unpaired) electrons. The Kier molecular flexibility index (Phi) is 2.90. The number of aromatic nitrogens is 2. The van der Waals surface area contributed by atoms with Gasteiger partial charge in [0, 0.05) is 6.61 Å². The Balaban J connectivity index is 2.05. The van der Waals surface area contributed by atoms with E-state index in [4.69, 9.17) is 16.3 Å². The summed E-state index contributed by atoms with van der Waals surface area (Å²) >= 11 is 6.97. The van der Waals surface area contributed by atoms with E-state index in [0.29, 0.717) is 17.6 Å². The van der Waals surface area contributed by atoms with Crippen LogP contribution >= 0.6 is 23.3 Å². The van der Waals surface area contributed by atoms with Gasteiger partial charge in [-0.05, 0) is 19.8 Å². The van der Waals surface area contributed by atoms with Crippen molar-refractivity contribution >= 4 is 29.1 Å². The van der Waals surface area contributed by atoms with Gasteiger partial charge >= 0.3 is 0 Å². The van der Waals surface area contributed by atoms with Crippen molar-refractivity contribution in [2.24, 2.45) is 0 Å². The normalized spacial score (nSPS) is 27.6. The van der Waals surface area contributed by atoms with Gasteiger partial charge in [0.1, 0.15) is 0 Å². The van der Waals surface area contributed by atoms with Gasteiger partial charge in [-0.1, -0.05) is 11.6 Å². The second-order valence-electron chi connectivity index (χ2n) is 3.75. The minimum absolute atomic E-state index is 0.0579. The van der Waals surface area contributed by atoms with E-state index in [1.165, 1.54) is 0 Å². The summed E-state index contributed by atoms with van der Waals surface area (Å²) < 4.78 is 13.4. The van der Waals surface area contributed by atoms with Gasteiger partial charge in [0.05, 0.1) is 23.9 Å². The zero-order valence-corrected chi connectivity index (χ0v) is 9.49. The van der Waals surface area contributed by atoms with E-state index < -0.39 is 0 Å². The summed E-state index contributed by atoms with van der Waals surface area (Å²) in [6, 6.07) is 0. The molecule has 1 atom stereocenters. The maximum Gasteiger partial charge on any atom is 0.186 e. The second-order valence-corrected chi connectivity index (χ2v) is 4.63. The monoisotopic (exact) mass is 233 g/mol. The zero-order chi connectivity index (χ0) is 10.0. The lowest BCUT2D eigenvalue weighted by Gasteiger charge is -2.34. The van der Waals surface area contributed by atoms with E-state index in [0.717, 1.165) is 31.2 Å². The van der Waals surface area contributed by atoms with Gasteiger partial charge in [-0.3, -0.25) is 0 Å². The van der Waals surface area contributed by atoms with Crippen molar-refractivity contribution in [3.05, 3.63) is 5.15 Å². The van der Waals surface area contributed by atoms with Gasteiger partial charge in [0.25, 0.3) is 0 Å². The molecule has 1 N–H and O–H groups in total. The lowest BCUT2D eigenvalue weighted by molar-refractivity contribution is 0.0539. The summed E-state index contributed by atoms with van der Waals surface area (Å²) in [5.41, 5.74) is -0.0579. The number of nitrogens with one attached hydrogen (secondary N) is 1. The fraction of sp³-hybridized carbons (Fsp3) is 0.750. The molecule has 0 spiro atoms. The van der Waals surface area contributed by atoms with Crippen LogP contribution in [0, 0.1) is 0 Å². The molecular weight excluding hydrogens is 222 g/mol. The van der Waals surface area contributed by atoms with Gasteiger partial charge in [-0.2, -0.15) is 8.75 Å². The van der Waals surface area contributed by atoms with Crippen molar-refractivity contribution in [3.8, 4) is 0 Å². The number of anilines is 1. The highest BCUT2D eigenvalue weighted by Crippen LogP contribution is 2.27. The molecule has 0 aliphatic carbocycles. The molecule has 2 rings (SSSR count). The number of hydrogen-bond acceptors (Lipinski definition) is 5. The average Bonchev–Trinajstić information content (AvgIpc) is 2.52. The predicted molar refractivity (Wildman–Crippen MR) is 57.0 cm³/mol. The summed E-state index contributed by atoms with van der Waals surface area (Å²) in [4.78, 5) is 0. The van der Waals surface area contributed by atoms with Crippen LogP contribution in [-0.2, 0) is 4.74 Å². The highest BCUT2D eigenvalue weighted by atomic mass is 35.5. The first-order chi connectivity index (χ1) is 6.70. The Labute approximate surface area is 91.9 Å². The maximum atomic E-state index is 5.85. The number of rotatable bonds is 2. The van der Waals surface area contributed by atoms with Crippen LogP contribution in [0.2, 0.25) is 5.15 Å². The van der Waals surface area contributed by atoms with Crippen LogP contribution in [0.3, 0.4) is 0 Å². The Morgan fingerprint density at radius 3 is 3.00 bits per heavy atom. The fourth-order valence-electron chi connectivity index (χ4n) is 1.57. The van der Waals surface area contributed by atoms with Gasteiger partial charge in [0.2, 0.25) is 0 Å². The third-order valence-electron chi connectivity index (χ3n) is 2.31. The SMILES string of the molecule is CC1(Nc2nsnc2Cl)CCCOC1. The Morgan fingerprint density at radius 2 is 2.43 bits per heavy atom. The first-order valence-corrected chi connectivity index (χ1v) is 5.64. The van der Waals surface area contributed by atoms with Crippen molar-refractivity contribution in [2.45, 2.75) is 25.3 Å². The van der Waals surface area contributed by atoms with Crippen LogP contribution in [0.1, 0.15) is 19.8 Å². The fourth-order valence-corrected chi connectivity index (χ4v) is 2.22. The molecule has 1 saturated heterocycles. The zero-order valence-electron chi connectivity index (χ0n) is 7.92. The smallest absolute Gasteiger partial charge is 0.186 e. The quantitative estimate of drug-likeness (QED) is 0.851. The maximum absolute atomic E-state index is 5.85. The summed E-state index contributed by atoms with van der Waals surface area (Å²) in [5, 5.41) is 3.73. The highest BCUT2D eigenvalue weighted by molar-refractivity contribution is 6.99. The van der Waals surface area contributed by atoms with Crippen LogP contribution in [0.4, 0.5) is 5.82 Å². The van der Waals surface area contributed by atoms with E-state index >= 15 is 0 Å². The van der Waals surface area contributed by atoms with Crippen molar-refractivity contribution in [1.29, 1.82) is 0 Å². The van der Waals surface area contributed by atoms with Crippen LogP contribution in [0.15, 0.2) is 0 Å². The highest BCUT2D eigenvalue weighted by Gasteiger charge is 2.28. The Morgan fingerprint density at radius 1 is 1.57 bits per heavy atom. The molecule has 1 aliphatic heterocycles. The Hall–Kier alpha value is -0.390. The summed E-state index contributed by atoms with van der Waals surface area (Å²) in [6.07, 6.45) is 2.14. The van der Waals surface area contributed by atoms with Crippen LogP contribution in [0.5, 0.6) is 0 Å². The number of halogens is 1. The number of ether oxygens (including phenoxy) is 1. The topological polar surface area (TPSA) is 47.0 Å². The molecule has 0 saturated carbocycles. The van der Waals surface area contributed by atoms with E-state index in [9.17, 15) is 0 Å². The summed E-state index contributed by atoms with van der Waals surface area (Å²) in [6.45, 7) is 3.66. The van der Waals surface area contributed by atoms with Gasteiger partial charge < -0.3 is 10.1 Å². The van der Waals surface area contributed by atoms with Crippen LogP contribution < -0.4 is 5.32 Å². The van der Waals surface area contributed by atoms with Crippen molar-refractivity contribution in [2.75, 3.05) is 18.5 Å². The van der Waals surface area contributed by atoms with E-state index in [1.807, 2.05) is 0 Å². The first-order valence-electron chi connectivity index (χ1n) is 4.54. The van der Waals surface area contributed by atoms with Crippen molar-refractivity contribution < 1.29 is 4.74 Å². The number of hydrogen-bond donors (Lipinski definition) is 1. The van der Waals surface area contributed by atoms with E-state index in [2.05, 4.69) is 21.0 Å². The van der Waals surface area contributed by atoms with Crippen LogP contribution in [0.25, 0.3) is 0 Å². The minimum atomic E-state index is -0.0579. The second kappa shape index (κ2) is 4.00. The molecule has 4 nitrogen and oxygen atoms in total. The lowest BCUT2D eigenvalue weighted by Crippen LogP contribution is -2.43. The van der Waals surface area contributed by atoms with E-state index in [1.54, 1.807) is 0 Å². The minimum Gasteiger partial charge on any atom is -0.379 e. The largest absolute Gasteiger partial charge is 0.379 e. The predicted octanol–water partition coefficient (Wildman–Crippen LogP) is 2.17. The molecule has 1 unspecified atom stereocenters. The van der Waals surface area contributed by atoms with Gasteiger partial charge in [-0.25, -0.2) is 0 Å². The molecular formula is C8H12ClN3OS. The molecule has 1 fully saturated rings. The molecule has 2 heterocycles. The third kappa shape index (κ3) is 2.16. The average molecular weight is 234 g/mol. The molecule has 0 aromatic carbocycles. The first kappa shape index (κ1) is 10.1.